The molecule has 40 heavy (non-hydrogen) atoms. The molecule has 1 fully saturated rings. The largest absolute Gasteiger partial charge is 0.426 e. The molecule has 0 radical (unpaired) electrons. The smallest absolute Gasteiger partial charge is 0.327 e. The summed E-state index contributed by atoms with van der Waals surface area (Å²) in [5, 5.41) is 0. The summed E-state index contributed by atoms with van der Waals surface area (Å²) in [6, 6.07) is 47.7. The molecule has 5 aromatic carbocycles. The van der Waals surface area contributed by atoms with Crippen molar-refractivity contribution in [1.29, 1.82) is 0 Å². The van der Waals surface area contributed by atoms with Gasteiger partial charge in [-0.3, -0.25) is 0 Å². The summed E-state index contributed by atoms with van der Waals surface area (Å²) in [5.74, 6) is 0. The van der Waals surface area contributed by atoms with E-state index in [9.17, 15) is 0 Å². The summed E-state index contributed by atoms with van der Waals surface area (Å²) in [6.07, 6.45) is 1.02. The van der Waals surface area contributed by atoms with Crippen LogP contribution in [0.3, 0.4) is 0 Å². The third-order valence-electron chi connectivity index (χ3n) is 8.75. The van der Waals surface area contributed by atoms with E-state index in [0.717, 1.165) is 23.4 Å². The van der Waals surface area contributed by atoms with Crippen LogP contribution in [0.25, 0.3) is 22.3 Å². The molecule has 1 aliphatic rings. The highest BCUT2D eigenvalue weighted by Crippen LogP contribution is 2.45. The Labute approximate surface area is 239 Å². The quantitative estimate of drug-likeness (QED) is 0.206. The lowest BCUT2D eigenvalue weighted by atomic mass is 9.54. The predicted octanol–water partition coefficient (Wildman–Crippen LogP) is 9.52. The number of hydrogen-bond donors (Lipinski definition) is 0. The van der Waals surface area contributed by atoms with Crippen LogP contribution in [-0.4, -0.2) is 12.5 Å². The normalized spacial score (nSPS) is 15.7. The van der Waals surface area contributed by atoms with Crippen molar-refractivity contribution in [2.45, 2.75) is 39.6 Å². The highest BCUT2D eigenvalue weighted by molar-refractivity contribution is 6.68. The maximum Gasteiger partial charge on any atom is 0.327 e. The molecule has 0 aliphatic carbocycles. The van der Waals surface area contributed by atoms with Gasteiger partial charge in [-0.15, -0.1) is 0 Å². The molecular formula is C37H36BNO. The lowest BCUT2D eigenvalue weighted by molar-refractivity contribution is 0.0375. The second kappa shape index (κ2) is 10.5. The lowest BCUT2D eigenvalue weighted by Gasteiger charge is -2.34. The van der Waals surface area contributed by atoms with Gasteiger partial charge in [0.2, 0.25) is 0 Å². The van der Waals surface area contributed by atoms with E-state index in [1.54, 1.807) is 0 Å². The summed E-state index contributed by atoms with van der Waals surface area (Å²) in [7, 11) is 0. The molecule has 0 aromatic heterocycles. The lowest BCUT2D eigenvalue weighted by Crippen LogP contribution is -2.36. The van der Waals surface area contributed by atoms with E-state index in [1.807, 2.05) is 0 Å². The summed E-state index contributed by atoms with van der Waals surface area (Å²) >= 11 is 0. The van der Waals surface area contributed by atoms with Gasteiger partial charge >= 0.3 is 6.92 Å². The molecule has 1 saturated heterocycles. The van der Waals surface area contributed by atoms with Gasteiger partial charge in [0.25, 0.3) is 0 Å². The van der Waals surface area contributed by atoms with Gasteiger partial charge in [0.1, 0.15) is 0 Å². The first-order valence-corrected chi connectivity index (χ1v) is 14.2. The Bertz CT molecular complexity index is 1460. The first-order valence-electron chi connectivity index (χ1n) is 14.2. The van der Waals surface area contributed by atoms with Gasteiger partial charge in [0.15, 0.2) is 0 Å². The number of nitrogens with zero attached hydrogens (tertiary/aromatic N) is 1. The van der Waals surface area contributed by atoms with Crippen molar-refractivity contribution >= 4 is 29.4 Å². The first kappa shape index (κ1) is 26.2. The minimum absolute atomic E-state index is 0.114. The molecule has 0 bridgehead atoms. The SMILES string of the molecule is CC1(C)CB(c2ccc(N(c3ccc(-c4ccccc4)cc3)c3ccc(-c4ccccc4)cc3)cc2)OC1(C)C. The number of benzene rings is 5. The van der Waals surface area contributed by atoms with Gasteiger partial charge in [-0.25, -0.2) is 0 Å². The van der Waals surface area contributed by atoms with Gasteiger partial charge in [-0.05, 0) is 89.7 Å². The van der Waals surface area contributed by atoms with Gasteiger partial charge in [0, 0.05) is 17.1 Å². The van der Waals surface area contributed by atoms with Crippen LogP contribution >= 0.6 is 0 Å². The van der Waals surface area contributed by atoms with Gasteiger partial charge < -0.3 is 9.55 Å². The van der Waals surface area contributed by atoms with Crippen molar-refractivity contribution in [2.75, 3.05) is 4.90 Å². The van der Waals surface area contributed by atoms with E-state index < -0.39 is 0 Å². The van der Waals surface area contributed by atoms with Crippen LogP contribution < -0.4 is 10.4 Å². The Hall–Kier alpha value is -4.08. The van der Waals surface area contributed by atoms with E-state index in [0.29, 0.717) is 0 Å². The zero-order chi connectivity index (χ0) is 27.7. The van der Waals surface area contributed by atoms with E-state index in [4.69, 9.17) is 4.65 Å². The molecule has 3 heteroatoms. The van der Waals surface area contributed by atoms with Crippen molar-refractivity contribution in [3.8, 4) is 22.3 Å². The average Bonchev–Trinajstić information content (AvgIpc) is 3.21. The highest BCUT2D eigenvalue weighted by atomic mass is 16.5. The number of rotatable bonds is 6. The Morgan fingerprint density at radius 1 is 0.500 bits per heavy atom. The van der Waals surface area contributed by atoms with E-state index in [-0.39, 0.29) is 17.9 Å². The topological polar surface area (TPSA) is 12.5 Å². The summed E-state index contributed by atoms with van der Waals surface area (Å²) < 4.78 is 6.52. The molecule has 0 saturated carbocycles. The zero-order valence-corrected chi connectivity index (χ0v) is 23.8. The molecule has 1 heterocycles. The molecular weight excluding hydrogens is 485 g/mol. The van der Waals surface area contributed by atoms with Crippen LogP contribution in [-0.2, 0) is 4.65 Å². The van der Waals surface area contributed by atoms with Crippen molar-refractivity contribution in [1.82, 2.24) is 0 Å². The summed E-state index contributed by atoms with van der Waals surface area (Å²) in [6.45, 7) is 9.15. The second-order valence-corrected chi connectivity index (χ2v) is 12.0. The van der Waals surface area contributed by atoms with Crippen molar-refractivity contribution in [3.05, 3.63) is 133 Å². The molecule has 0 amide bonds. The zero-order valence-electron chi connectivity index (χ0n) is 23.8. The highest BCUT2D eigenvalue weighted by Gasteiger charge is 2.49. The number of hydrogen-bond acceptors (Lipinski definition) is 2. The Balaban J connectivity index is 1.35. The van der Waals surface area contributed by atoms with Gasteiger partial charge in [-0.2, -0.15) is 0 Å². The fourth-order valence-corrected chi connectivity index (χ4v) is 5.60. The van der Waals surface area contributed by atoms with Gasteiger partial charge in [0.05, 0.1) is 5.60 Å². The average molecular weight is 522 g/mol. The van der Waals surface area contributed by atoms with E-state index in [2.05, 4.69) is 166 Å². The Morgan fingerprint density at radius 2 is 0.875 bits per heavy atom. The molecule has 5 aromatic rings. The fraction of sp³-hybridized carbons (Fsp3) is 0.189. The van der Waals surface area contributed by atoms with Crippen LogP contribution in [0.5, 0.6) is 0 Å². The second-order valence-electron chi connectivity index (χ2n) is 12.0. The van der Waals surface area contributed by atoms with Crippen molar-refractivity contribution in [2.24, 2.45) is 5.41 Å². The minimum Gasteiger partial charge on any atom is -0.426 e. The number of anilines is 3. The predicted molar refractivity (Wildman–Crippen MR) is 171 cm³/mol. The van der Waals surface area contributed by atoms with Crippen LogP contribution in [0.4, 0.5) is 17.1 Å². The van der Waals surface area contributed by atoms with Crippen LogP contribution in [0.15, 0.2) is 133 Å². The van der Waals surface area contributed by atoms with Crippen LogP contribution in [0, 0.1) is 5.41 Å². The third kappa shape index (κ3) is 5.10. The summed E-state index contributed by atoms with van der Waals surface area (Å²) in [5.41, 5.74) is 9.46. The molecule has 0 atom stereocenters. The van der Waals surface area contributed by atoms with Gasteiger partial charge in [-0.1, -0.05) is 111 Å². The Morgan fingerprint density at radius 3 is 1.25 bits per heavy atom. The van der Waals surface area contributed by atoms with Crippen LogP contribution in [0.1, 0.15) is 27.7 Å². The first-order chi connectivity index (χ1) is 19.3. The third-order valence-corrected chi connectivity index (χ3v) is 8.75. The maximum atomic E-state index is 6.52. The van der Waals surface area contributed by atoms with E-state index >= 15 is 0 Å². The molecule has 0 spiro atoms. The maximum absolute atomic E-state index is 6.52. The molecule has 0 unspecified atom stereocenters. The standard InChI is InChI=1S/C37H36BNO/c1-36(2)27-38(40-37(36,3)4)32-19-25-35(26-20-32)39(33-21-15-30(16-22-33)28-11-7-5-8-12-28)34-23-17-31(18-24-34)29-13-9-6-10-14-29/h5-26H,27H2,1-4H3. The minimum atomic E-state index is -0.149. The molecule has 1 aliphatic heterocycles. The monoisotopic (exact) mass is 521 g/mol. The molecule has 6 rings (SSSR count). The van der Waals surface area contributed by atoms with E-state index in [1.165, 1.54) is 27.7 Å². The Kier molecular flexibility index (Phi) is 6.86. The summed E-state index contributed by atoms with van der Waals surface area (Å²) in [4.78, 5) is 2.33. The van der Waals surface area contributed by atoms with Crippen molar-refractivity contribution < 1.29 is 4.65 Å². The molecule has 0 N–H and O–H groups in total. The van der Waals surface area contributed by atoms with Crippen LogP contribution in [0.2, 0.25) is 6.32 Å². The molecule has 198 valence electrons. The van der Waals surface area contributed by atoms with Crippen molar-refractivity contribution in [3.63, 3.8) is 0 Å². The molecule has 2 nitrogen and oxygen atoms in total. The fourth-order valence-electron chi connectivity index (χ4n) is 5.60.